The molecule has 0 radical (unpaired) electrons. The number of carbonyl (C=O) groups excluding carboxylic acids is 2. The van der Waals surface area contributed by atoms with E-state index in [4.69, 9.17) is 4.74 Å². The molecule has 2 amide bonds. The summed E-state index contributed by atoms with van der Waals surface area (Å²) in [5, 5.41) is 1.14. The van der Waals surface area contributed by atoms with Crippen LogP contribution in [0.3, 0.4) is 0 Å². The normalized spacial score (nSPS) is 15.2. The van der Waals surface area contributed by atoms with Crippen molar-refractivity contribution in [2.75, 3.05) is 32.8 Å². The Kier molecular flexibility index (Phi) is 6.02. The summed E-state index contributed by atoms with van der Waals surface area (Å²) >= 11 is 0. The van der Waals surface area contributed by atoms with Gasteiger partial charge in [0.05, 0.1) is 6.61 Å². The van der Waals surface area contributed by atoms with E-state index in [1.165, 1.54) is 0 Å². The van der Waals surface area contributed by atoms with Crippen molar-refractivity contribution in [2.24, 2.45) is 0 Å². The highest BCUT2D eigenvalue weighted by atomic mass is 16.6. The molecule has 30 heavy (non-hydrogen) atoms. The van der Waals surface area contributed by atoms with Crippen LogP contribution in [-0.4, -0.2) is 59.6 Å². The van der Waals surface area contributed by atoms with Crippen LogP contribution >= 0.6 is 0 Å². The molecule has 1 aromatic heterocycles. The van der Waals surface area contributed by atoms with Gasteiger partial charge in [0.1, 0.15) is 0 Å². The Labute approximate surface area is 176 Å². The number of nitrogens with zero attached hydrogens (tertiary/aromatic N) is 2. The predicted molar refractivity (Wildman–Crippen MR) is 116 cm³/mol. The molecule has 1 aliphatic rings. The molecular weight excluding hydrogens is 378 g/mol. The number of nitrogens with one attached hydrogen (secondary N) is 1. The standard InChI is InChI=1S/C24H27N3O3/c1-2-30-24(29)27-14-12-26(13-15-27)23(28)16-20(18-8-4-3-5-9-18)21-17-25-22-11-7-6-10-19(21)22/h3-11,17,20,25H,2,12-16H2,1H3. The van der Waals surface area contributed by atoms with Gasteiger partial charge in [-0.2, -0.15) is 0 Å². The maximum Gasteiger partial charge on any atom is 0.409 e. The lowest BCUT2D eigenvalue weighted by atomic mass is 9.88. The third-order valence-electron chi connectivity index (χ3n) is 5.74. The SMILES string of the molecule is CCOC(=O)N1CCN(C(=O)CC(c2ccccc2)c2c[nH]c3ccccc23)CC1. The number of piperazine rings is 1. The molecule has 2 aromatic carbocycles. The van der Waals surface area contributed by atoms with Crippen LogP contribution in [0.1, 0.15) is 30.4 Å². The molecule has 2 heterocycles. The van der Waals surface area contributed by atoms with E-state index in [1.807, 2.05) is 41.4 Å². The third-order valence-corrected chi connectivity index (χ3v) is 5.74. The van der Waals surface area contributed by atoms with Crippen molar-refractivity contribution < 1.29 is 14.3 Å². The maximum atomic E-state index is 13.2. The first-order valence-electron chi connectivity index (χ1n) is 10.5. The summed E-state index contributed by atoms with van der Waals surface area (Å²) in [6.45, 7) is 4.24. The van der Waals surface area contributed by atoms with Gasteiger partial charge in [-0.3, -0.25) is 4.79 Å². The van der Waals surface area contributed by atoms with Crippen molar-refractivity contribution >= 4 is 22.9 Å². The van der Waals surface area contributed by atoms with Crippen LogP contribution in [-0.2, 0) is 9.53 Å². The van der Waals surface area contributed by atoms with E-state index in [0.29, 0.717) is 39.2 Å². The van der Waals surface area contributed by atoms with Gasteiger partial charge in [-0.1, -0.05) is 48.5 Å². The van der Waals surface area contributed by atoms with E-state index in [0.717, 1.165) is 22.0 Å². The highest BCUT2D eigenvalue weighted by Gasteiger charge is 2.28. The summed E-state index contributed by atoms with van der Waals surface area (Å²) in [5.74, 6) is 0.0792. The molecule has 0 saturated carbocycles. The molecule has 6 heteroatoms. The van der Waals surface area contributed by atoms with Gasteiger partial charge in [0.25, 0.3) is 0 Å². The number of ether oxygens (including phenoxy) is 1. The van der Waals surface area contributed by atoms with Gasteiger partial charge in [-0.05, 0) is 24.1 Å². The van der Waals surface area contributed by atoms with E-state index < -0.39 is 0 Å². The van der Waals surface area contributed by atoms with Gasteiger partial charge >= 0.3 is 6.09 Å². The zero-order valence-electron chi connectivity index (χ0n) is 17.2. The number of carbonyl (C=O) groups is 2. The average Bonchev–Trinajstić information content (AvgIpc) is 3.22. The summed E-state index contributed by atoms with van der Waals surface area (Å²) < 4.78 is 5.07. The number of fused-ring (bicyclic) bond motifs is 1. The first-order chi connectivity index (χ1) is 14.7. The van der Waals surface area contributed by atoms with Crippen molar-refractivity contribution in [3.05, 3.63) is 71.9 Å². The van der Waals surface area contributed by atoms with Crippen LogP contribution in [0, 0.1) is 0 Å². The molecule has 1 unspecified atom stereocenters. The number of hydrogen-bond donors (Lipinski definition) is 1. The lowest BCUT2D eigenvalue weighted by Crippen LogP contribution is -2.50. The highest BCUT2D eigenvalue weighted by Crippen LogP contribution is 2.33. The number of aromatic nitrogens is 1. The Morgan fingerprint density at radius 3 is 2.37 bits per heavy atom. The summed E-state index contributed by atoms with van der Waals surface area (Å²) in [5.41, 5.74) is 3.33. The molecule has 4 rings (SSSR count). The largest absolute Gasteiger partial charge is 0.450 e. The zero-order chi connectivity index (χ0) is 20.9. The van der Waals surface area contributed by atoms with Crippen molar-refractivity contribution in [1.82, 2.24) is 14.8 Å². The zero-order valence-corrected chi connectivity index (χ0v) is 17.2. The van der Waals surface area contributed by atoms with Crippen LogP contribution in [0.25, 0.3) is 10.9 Å². The fourth-order valence-electron chi connectivity index (χ4n) is 4.13. The Hall–Kier alpha value is -3.28. The van der Waals surface area contributed by atoms with E-state index in [-0.39, 0.29) is 17.9 Å². The van der Waals surface area contributed by atoms with Crippen LogP contribution in [0.5, 0.6) is 0 Å². The quantitative estimate of drug-likeness (QED) is 0.698. The Bertz CT molecular complexity index is 1010. The van der Waals surface area contributed by atoms with Crippen LogP contribution in [0.15, 0.2) is 60.8 Å². The van der Waals surface area contributed by atoms with E-state index in [2.05, 4.69) is 29.2 Å². The summed E-state index contributed by atoms with van der Waals surface area (Å²) in [4.78, 5) is 32.0. The fraction of sp³-hybridized carbons (Fsp3) is 0.333. The van der Waals surface area contributed by atoms with E-state index in [1.54, 1.807) is 11.8 Å². The average molecular weight is 405 g/mol. The van der Waals surface area contributed by atoms with Crippen LogP contribution < -0.4 is 0 Å². The minimum Gasteiger partial charge on any atom is -0.450 e. The highest BCUT2D eigenvalue weighted by molar-refractivity contribution is 5.86. The predicted octanol–water partition coefficient (Wildman–Crippen LogP) is 3.99. The molecule has 1 N–H and O–H groups in total. The number of amides is 2. The molecule has 1 aliphatic heterocycles. The lowest BCUT2D eigenvalue weighted by Gasteiger charge is -2.34. The van der Waals surface area contributed by atoms with Crippen molar-refractivity contribution in [1.29, 1.82) is 0 Å². The molecule has 6 nitrogen and oxygen atoms in total. The molecular formula is C24H27N3O3. The smallest absolute Gasteiger partial charge is 0.409 e. The summed E-state index contributed by atoms with van der Waals surface area (Å²) in [6, 6.07) is 18.4. The number of H-pyrrole nitrogens is 1. The molecule has 3 aromatic rings. The molecule has 0 spiro atoms. The van der Waals surface area contributed by atoms with Crippen molar-refractivity contribution in [3.8, 4) is 0 Å². The van der Waals surface area contributed by atoms with Gasteiger partial charge < -0.3 is 19.5 Å². The molecule has 0 aliphatic carbocycles. The van der Waals surface area contributed by atoms with E-state index in [9.17, 15) is 9.59 Å². The van der Waals surface area contributed by atoms with Gasteiger partial charge in [0.2, 0.25) is 5.91 Å². The van der Waals surface area contributed by atoms with Gasteiger partial charge in [0, 0.05) is 55.6 Å². The van der Waals surface area contributed by atoms with Gasteiger partial charge in [0.15, 0.2) is 0 Å². The second kappa shape index (κ2) is 9.03. The Morgan fingerprint density at radius 2 is 1.63 bits per heavy atom. The Morgan fingerprint density at radius 1 is 0.967 bits per heavy atom. The molecule has 156 valence electrons. The monoisotopic (exact) mass is 405 g/mol. The number of rotatable bonds is 5. The first kappa shape index (κ1) is 20.0. The van der Waals surface area contributed by atoms with Crippen LogP contribution in [0.4, 0.5) is 4.79 Å². The topological polar surface area (TPSA) is 65.6 Å². The van der Waals surface area contributed by atoms with Crippen molar-refractivity contribution in [2.45, 2.75) is 19.3 Å². The van der Waals surface area contributed by atoms with E-state index >= 15 is 0 Å². The molecule has 1 fully saturated rings. The number of hydrogen-bond acceptors (Lipinski definition) is 3. The van der Waals surface area contributed by atoms with Crippen LogP contribution in [0.2, 0.25) is 0 Å². The number of benzene rings is 2. The minimum absolute atomic E-state index is 0.0297. The first-order valence-corrected chi connectivity index (χ1v) is 10.5. The maximum absolute atomic E-state index is 13.2. The minimum atomic E-state index is -0.300. The summed E-state index contributed by atoms with van der Waals surface area (Å²) in [6.07, 6.45) is 2.12. The number of para-hydroxylation sites is 1. The Balaban J connectivity index is 1.52. The van der Waals surface area contributed by atoms with Crippen molar-refractivity contribution in [3.63, 3.8) is 0 Å². The lowest BCUT2D eigenvalue weighted by molar-refractivity contribution is -0.133. The third kappa shape index (κ3) is 4.17. The molecule has 0 bridgehead atoms. The fourth-order valence-corrected chi connectivity index (χ4v) is 4.13. The summed E-state index contributed by atoms with van der Waals surface area (Å²) in [7, 11) is 0. The van der Waals surface area contributed by atoms with Gasteiger partial charge in [-0.25, -0.2) is 4.79 Å². The number of aromatic amines is 1. The second-order valence-electron chi connectivity index (χ2n) is 7.52. The second-order valence-corrected chi connectivity index (χ2v) is 7.52. The molecule has 1 saturated heterocycles. The molecule has 1 atom stereocenters. The van der Waals surface area contributed by atoms with Gasteiger partial charge in [-0.15, -0.1) is 0 Å².